The van der Waals surface area contributed by atoms with Gasteiger partial charge in [-0.15, -0.1) is 0 Å². The first-order valence-electron chi connectivity index (χ1n) is 2.71. The highest BCUT2D eigenvalue weighted by atomic mass is 32.2. The molecule has 0 saturated carbocycles. The van der Waals surface area contributed by atoms with Crippen molar-refractivity contribution in [2.24, 2.45) is 0 Å². The van der Waals surface area contributed by atoms with Crippen LogP contribution in [0.15, 0.2) is 16.9 Å². The molecule has 8 heteroatoms. The fourth-order valence-electron chi connectivity index (χ4n) is 0.483. The first-order valence-corrected chi connectivity index (χ1v) is 4.19. The second-order valence-electron chi connectivity index (χ2n) is 1.69. The Morgan fingerprint density at radius 1 is 1.58 bits per heavy atom. The van der Waals surface area contributed by atoms with E-state index in [-0.39, 0.29) is 5.82 Å². The molecule has 0 saturated heterocycles. The Morgan fingerprint density at radius 2 is 2.33 bits per heavy atom. The van der Waals surface area contributed by atoms with Crippen LogP contribution in [0.2, 0.25) is 0 Å². The fraction of sp³-hybridized carbons (Fsp3) is 0. The second-order valence-corrected chi connectivity index (χ2v) is 3.11. The summed E-state index contributed by atoms with van der Waals surface area (Å²) in [6.45, 7) is 0. The van der Waals surface area contributed by atoms with E-state index in [0.717, 1.165) is 6.41 Å². The molecule has 0 spiro atoms. The molecule has 12 heavy (non-hydrogen) atoms. The van der Waals surface area contributed by atoms with Crippen molar-refractivity contribution in [3.05, 3.63) is 12.3 Å². The third kappa shape index (κ3) is 2.23. The lowest BCUT2D eigenvalue weighted by Gasteiger charge is -1.99. The van der Waals surface area contributed by atoms with Gasteiger partial charge in [-0.1, -0.05) is 5.16 Å². The van der Waals surface area contributed by atoms with E-state index >= 15 is 0 Å². The Balaban J connectivity index is 2.69. The minimum atomic E-state index is -3.90. The highest BCUT2D eigenvalue weighted by molar-refractivity contribution is 7.91. The van der Waals surface area contributed by atoms with E-state index in [2.05, 4.69) is 9.68 Å². The van der Waals surface area contributed by atoms with Crippen LogP contribution in [0.25, 0.3) is 0 Å². The molecule has 0 aliphatic heterocycles. The summed E-state index contributed by atoms with van der Waals surface area (Å²) < 4.78 is 29.1. The molecule has 1 aromatic rings. The molecule has 0 aliphatic rings. The van der Waals surface area contributed by atoms with Crippen molar-refractivity contribution in [1.82, 2.24) is 9.88 Å². The van der Waals surface area contributed by atoms with Crippen molar-refractivity contribution in [3.63, 3.8) is 0 Å². The average Bonchev–Trinajstić information content (AvgIpc) is 2.38. The summed E-state index contributed by atoms with van der Waals surface area (Å²) in [6.07, 6.45) is 2.19. The van der Waals surface area contributed by atoms with Crippen LogP contribution in [0.3, 0.4) is 0 Å². The van der Waals surface area contributed by atoms with Crippen LogP contribution in [0.4, 0.5) is 5.82 Å². The summed E-state index contributed by atoms with van der Waals surface area (Å²) >= 11 is 0. The Kier molecular flexibility index (Phi) is 2.29. The van der Waals surface area contributed by atoms with Crippen LogP contribution in [0.5, 0.6) is 0 Å². The minimum absolute atomic E-state index is 0.0160. The zero-order valence-electron chi connectivity index (χ0n) is 5.64. The molecule has 0 atom stereocenters. The molecule has 0 aromatic carbocycles. The third-order valence-corrected chi connectivity index (χ3v) is 1.68. The number of amides is 1. The van der Waals surface area contributed by atoms with Gasteiger partial charge in [0.25, 0.3) is 0 Å². The maximum absolute atomic E-state index is 10.7. The first kappa shape index (κ1) is 8.53. The Hall–Kier alpha value is -1.57. The van der Waals surface area contributed by atoms with Gasteiger partial charge < -0.3 is 4.52 Å². The number of carbonyl (C=O) groups excluding carboxylic acids is 1. The van der Waals surface area contributed by atoms with E-state index in [1.165, 1.54) is 17.1 Å². The molecule has 1 amide bonds. The summed E-state index contributed by atoms with van der Waals surface area (Å²) in [5.74, 6) is -0.0160. The van der Waals surface area contributed by atoms with Crippen LogP contribution in [-0.2, 0) is 15.0 Å². The topological polar surface area (TPSA) is 101 Å². The summed E-state index contributed by atoms with van der Waals surface area (Å²) in [5.41, 5.74) is 0. The summed E-state index contributed by atoms with van der Waals surface area (Å²) in [5, 5.41) is 3.25. The Morgan fingerprint density at radius 3 is 2.83 bits per heavy atom. The van der Waals surface area contributed by atoms with E-state index in [0.29, 0.717) is 0 Å². The maximum atomic E-state index is 10.7. The predicted octanol–water partition coefficient (Wildman–Crippen LogP) is -1.01. The van der Waals surface area contributed by atoms with E-state index in [1.807, 2.05) is 4.72 Å². The van der Waals surface area contributed by atoms with Gasteiger partial charge in [0.1, 0.15) is 6.26 Å². The van der Waals surface area contributed by atoms with Gasteiger partial charge in [-0.3, -0.25) is 4.79 Å². The van der Waals surface area contributed by atoms with E-state index in [4.69, 9.17) is 0 Å². The Labute approximate surface area is 67.9 Å². The van der Waals surface area contributed by atoms with Crippen LogP contribution < -0.4 is 9.44 Å². The van der Waals surface area contributed by atoms with Gasteiger partial charge in [0.15, 0.2) is 5.82 Å². The molecule has 2 N–H and O–H groups in total. The molecule has 0 bridgehead atoms. The molecule has 1 rings (SSSR count). The molecule has 65 valence electrons. The van der Waals surface area contributed by atoms with E-state index in [1.54, 1.807) is 0 Å². The molecule has 0 fully saturated rings. The van der Waals surface area contributed by atoms with Crippen molar-refractivity contribution < 1.29 is 17.7 Å². The molecular weight excluding hydrogens is 186 g/mol. The summed E-state index contributed by atoms with van der Waals surface area (Å²) in [6, 6.07) is 1.28. The normalized spacial score (nSPS) is 10.7. The molecule has 0 aliphatic carbocycles. The average molecular weight is 190 g/mol. The second kappa shape index (κ2) is 3.22. The van der Waals surface area contributed by atoms with Crippen molar-refractivity contribution in [3.8, 4) is 0 Å². The number of hydrogen-bond donors (Lipinski definition) is 2. The molecule has 1 heterocycles. The van der Waals surface area contributed by atoms with Gasteiger partial charge in [-0.25, -0.2) is 9.44 Å². The molecule has 1 radical (unpaired) electrons. The smallest absolute Gasteiger partial charge is 0.325 e. The molecule has 1 aromatic heterocycles. The third-order valence-electron chi connectivity index (χ3n) is 0.853. The van der Waals surface area contributed by atoms with Gasteiger partial charge >= 0.3 is 16.6 Å². The zero-order valence-corrected chi connectivity index (χ0v) is 6.46. The molecule has 0 unspecified atom stereocenters. The number of anilines is 1. The highest BCUT2D eigenvalue weighted by Gasteiger charge is 2.09. The van der Waals surface area contributed by atoms with Crippen LogP contribution in [0, 0.1) is 0 Å². The Bertz CT molecular complexity index is 342. The molecular formula is C4H4N3O4S. The SMILES string of the molecule is O=[C]NS(=O)(=O)Nc1ccon1. The highest BCUT2D eigenvalue weighted by Crippen LogP contribution is 2.01. The quantitative estimate of drug-likeness (QED) is 0.592. The van der Waals surface area contributed by atoms with Crippen molar-refractivity contribution in [1.29, 1.82) is 0 Å². The number of nitrogens with zero attached hydrogens (tertiary/aromatic N) is 1. The van der Waals surface area contributed by atoms with Crippen molar-refractivity contribution in [2.45, 2.75) is 0 Å². The van der Waals surface area contributed by atoms with Gasteiger partial charge in [-0.2, -0.15) is 8.42 Å². The fourth-order valence-corrected chi connectivity index (χ4v) is 1.02. The standard InChI is InChI=1S/C4H4N3O4S/c8-3-5-12(9,10)7-4-1-2-11-6-4/h1-2H,(H,5,8)(H,6,7). The number of rotatable bonds is 4. The van der Waals surface area contributed by atoms with Gasteiger partial charge in [0, 0.05) is 6.07 Å². The summed E-state index contributed by atoms with van der Waals surface area (Å²) in [7, 11) is -3.90. The summed E-state index contributed by atoms with van der Waals surface area (Å²) in [4.78, 5) is 9.65. The molecule has 7 nitrogen and oxygen atoms in total. The van der Waals surface area contributed by atoms with Crippen LogP contribution in [0.1, 0.15) is 0 Å². The van der Waals surface area contributed by atoms with Gasteiger partial charge in [0.2, 0.25) is 0 Å². The lowest BCUT2D eigenvalue weighted by atomic mass is 10.7. The van der Waals surface area contributed by atoms with Gasteiger partial charge in [0.05, 0.1) is 0 Å². The van der Waals surface area contributed by atoms with Crippen molar-refractivity contribution >= 4 is 22.4 Å². The van der Waals surface area contributed by atoms with Gasteiger partial charge in [-0.05, 0) is 0 Å². The minimum Gasteiger partial charge on any atom is -0.363 e. The van der Waals surface area contributed by atoms with Crippen molar-refractivity contribution in [2.75, 3.05) is 4.72 Å². The lowest BCUT2D eigenvalue weighted by Crippen LogP contribution is -2.28. The zero-order chi connectivity index (χ0) is 9.03. The lowest BCUT2D eigenvalue weighted by molar-refractivity contribution is 0.423. The largest absolute Gasteiger partial charge is 0.363 e. The number of aromatic nitrogens is 1. The number of nitrogens with one attached hydrogen (secondary N) is 2. The maximum Gasteiger partial charge on any atom is 0.325 e. The van der Waals surface area contributed by atoms with Crippen LogP contribution in [-0.4, -0.2) is 20.0 Å². The first-order chi connectivity index (χ1) is 5.64. The number of hydrogen-bond acceptors (Lipinski definition) is 5. The van der Waals surface area contributed by atoms with E-state index < -0.39 is 10.2 Å². The predicted molar refractivity (Wildman–Crippen MR) is 37.9 cm³/mol. The monoisotopic (exact) mass is 190 g/mol. The van der Waals surface area contributed by atoms with E-state index in [9.17, 15) is 13.2 Å². The van der Waals surface area contributed by atoms with Crippen LogP contribution >= 0.6 is 0 Å².